The zero-order valence-electron chi connectivity index (χ0n) is 13.2. The molecule has 2 fully saturated rings. The van der Waals surface area contributed by atoms with Gasteiger partial charge in [-0.3, -0.25) is 4.79 Å². The van der Waals surface area contributed by atoms with Crippen LogP contribution in [0, 0.1) is 23.7 Å². The molecule has 0 spiro atoms. The van der Waals surface area contributed by atoms with E-state index >= 15 is 0 Å². The maximum atomic E-state index is 12.4. The second-order valence-electron chi connectivity index (χ2n) is 7.14. The quantitative estimate of drug-likeness (QED) is 0.831. The van der Waals surface area contributed by atoms with Crippen LogP contribution in [0.3, 0.4) is 0 Å². The zero-order chi connectivity index (χ0) is 14.5. The Kier molecular flexibility index (Phi) is 5.88. The van der Waals surface area contributed by atoms with Crippen molar-refractivity contribution in [3.8, 4) is 0 Å². The predicted octanol–water partition coefficient (Wildman–Crippen LogP) is 3.08. The Bertz CT molecular complexity index is 300. The van der Waals surface area contributed by atoms with Crippen molar-refractivity contribution >= 4 is 5.91 Å². The summed E-state index contributed by atoms with van der Waals surface area (Å²) in [6, 6.07) is 0.0644. The van der Waals surface area contributed by atoms with Crippen molar-refractivity contribution in [2.75, 3.05) is 6.54 Å². The van der Waals surface area contributed by atoms with Gasteiger partial charge in [-0.05, 0) is 43.4 Å². The van der Waals surface area contributed by atoms with Crippen molar-refractivity contribution in [1.82, 2.24) is 5.32 Å². The first kappa shape index (κ1) is 15.8. The summed E-state index contributed by atoms with van der Waals surface area (Å²) < 4.78 is 0. The monoisotopic (exact) mass is 280 g/mol. The van der Waals surface area contributed by atoms with Crippen LogP contribution >= 0.6 is 0 Å². The van der Waals surface area contributed by atoms with Gasteiger partial charge < -0.3 is 11.1 Å². The van der Waals surface area contributed by atoms with Crippen LogP contribution in [-0.2, 0) is 4.79 Å². The minimum atomic E-state index is 0.0377. The molecule has 1 amide bonds. The Morgan fingerprint density at radius 2 is 1.75 bits per heavy atom. The third-order valence-electron chi connectivity index (χ3n) is 5.68. The minimum Gasteiger partial charge on any atom is -0.356 e. The molecule has 3 unspecified atom stereocenters. The fourth-order valence-electron chi connectivity index (χ4n) is 4.12. The smallest absolute Gasteiger partial charge is 0.224 e. The molecule has 3 N–H and O–H groups in total. The van der Waals surface area contributed by atoms with Crippen LogP contribution in [0.4, 0.5) is 0 Å². The summed E-state index contributed by atoms with van der Waals surface area (Å²) in [5.41, 5.74) is 6.15. The molecule has 3 heteroatoms. The molecule has 0 saturated heterocycles. The number of nitrogens with two attached hydrogens (primary N) is 1. The molecule has 2 aliphatic carbocycles. The third-order valence-corrected chi connectivity index (χ3v) is 5.68. The highest BCUT2D eigenvalue weighted by Gasteiger charge is 2.34. The van der Waals surface area contributed by atoms with E-state index in [0.717, 1.165) is 25.3 Å². The molecule has 0 aromatic heterocycles. The zero-order valence-corrected chi connectivity index (χ0v) is 13.2. The average Bonchev–Trinajstić information content (AvgIpc) is 2.45. The van der Waals surface area contributed by atoms with E-state index in [2.05, 4.69) is 19.2 Å². The van der Waals surface area contributed by atoms with E-state index in [0.29, 0.717) is 11.8 Å². The van der Waals surface area contributed by atoms with Gasteiger partial charge >= 0.3 is 0 Å². The molecule has 0 bridgehead atoms. The standard InChI is InChI=1S/C17H32N2O/c1-3-13-7-9-14(10-8-13)11-19-17(20)16-12(2)5-4-6-15(16)18/h12-16H,3-11,18H2,1-2H3,(H,19,20). The largest absolute Gasteiger partial charge is 0.356 e. The lowest BCUT2D eigenvalue weighted by Crippen LogP contribution is -2.48. The first-order valence-corrected chi connectivity index (χ1v) is 8.65. The van der Waals surface area contributed by atoms with Crippen LogP contribution in [0.5, 0.6) is 0 Å². The molecular formula is C17H32N2O. The van der Waals surface area contributed by atoms with E-state index in [1.807, 2.05) is 0 Å². The molecule has 0 radical (unpaired) electrons. The summed E-state index contributed by atoms with van der Waals surface area (Å²) in [4.78, 5) is 12.4. The number of amides is 1. The summed E-state index contributed by atoms with van der Waals surface area (Å²) >= 11 is 0. The number of nitrogens with one attached hydrogen (secondary N) is 1. The first-order valence-electron chi connectivity index (χ1n) is 8.65. The molecule has 2 saturated carbocycles. The second-order valence-corrected chi connectivity index (χ2v) is 7.14. The molecule has 0 heterocycles. The minimum absolute atomic E-state index is 0.0377. The molecule has 3 atom stereocenters. The molecular weight excluding hydrogens is 248 g/mol. The Morgan fingerprint density at radius 1 is 1.10 bits per heavy atom. The summed E-state index contributed by atoms with van der Waals surface area (Å²) in [7, 11) is 0. The van der Waals surface area contributed by atoms with E-state index in [1.54, 1.807) is 0 Å². The highest BCUT2D eigenvalue weighted by atomic mass is 16.1. The van der Waals surface area contributed by atoms with E-state index in [-0.39, 0.29) is 17.9 Å². The van der Waals surface area contributed by atoms with Gasteiger partial charge in [0.25, 0.3) is 0 Å². The van der Waals surface area contributed by atoms with Gasteiger partial charge in [0.15, 0.2) is 0 Å². The topological polar surface area (TPSA) is 55.1 Å². The van der Waals surface area contributed by atoms with Gasteiger partial charge in [-0.25, -0.2) is 0 Å². The van der Waals surface area contributed by atoms with Crippen LogP contribution < -0.4 is 11.1 Å². The van der Waals surface area contributed by atoms with Gasteiger partial charge in [-0.2, -0.15) is 0 Å². The van der Waals surface area contributed by atoms with Crippen molar-refractivity contribution in [3.63, 3.8) is 0 Å². The van der Waals surface area contributed by atoms with E-state index in [9.17, 15) is 4.79 Å². The normalized spacial score (nSPS) is 38.5. The summed E-state index contributed by atoms with van der Waals surface area (Å²) in [6.07, 6.45) is 9.89. The van der Waals surface area contributed by atoms with Gasteiger partial charge in [0, 0.05) is 12.6 Å². The van der Waals surface area contributed by atoms with Gasteiger partial charge in [0.05, 0.1) is 5.92 Å². The summed E-state index contributed by atoms with van der Waals surface area (Å²) in [5, 5.41) is 3.20. The van der Waals surface area contributed by atoms with Gasteiger partial charge in [-0.15, -0.1) is 0 Å². The van der Waals surface area contributed by atoms with Gasteiger partial charge in [0.2, 0.25) is 5.91 Å². The summed E-state index contributed by atoms with van der Waals surface area (Å²) in [6.45, 7) is 5.33. The maximum Gasteiger partial charge on any atom is 0.224 e. The van der Waals surface area contributed by atoms with Crippen molar-refractivity contribution in [2.24, 2.45) is 29.4 Å². The lowest BCUT2D eigenvalue weighted by molar-refractivity contribution is -0.128. The Labute approximate surface area is 124 Å². The number of carbonyl (C=O) groups is 1. The SMILES string of the molecule is CCC1CCC(CNC(=O)C2C(C)CCCC2N)CC1. The van der Waals surface area contributed by atoms with E-state index in [1.165, 1.54) is 38.5 Å². The van der Waals surface area contributed by atoms with Crippen molar-refractivity contribution in [2.45, 2.75) is 71.3 Å². The van der Waals surface area contributed by atoms with Crippen molar-refractivity contribution in [1.29, 1.82) is 0 Å². The lowest BCUT2D eigenvalue weighted by Gasteiger charge is -2.34. The molecule has 116 valence electrons. The number of rotatable bonds is 4. The number of hydrogen-bond acceptors (Lipinski definition) is 2. The Morgan fingerprint density at radius 3 is 2.35 bits per heavy atom. The van der Waals surface area contributed by atoms with Crippen LogP contribution in [0.1, 0.15) is 65.2 Å². The molecule has 0 aromatic rings. The first-order chi connectivity index (χ1) is 9.61. The Hall–Kier alpha value is -0.570. The van der Waals surface area contributed by atoms with Gasteiger partial charge in [0.1, 0.15) is 0 Å². The number of carbonyl (C=O) groups excluding carboxylic acids is 1. The molecule has 20 heavy (non-hydrogen) atoms. The highest BCUT2D eigenvalue weighted by molar-refractivity contribution is 5.79. The van der Waals surface area contributed by atoms with E-state index in [4.69, 9.17) is 5.73 Å². The van der Waals surface area contributed by atoms with Crippen LogP contribution in [0.2, 0.25) is 0 Å². The summed E-state index contributed by atoms with van der Waals surface area (Å²) in [5.74, 6) is 2.30. The van der Waals surface area contributed by atoms with Gasteiger partial charge in [-0.1, -0.05) is 39.5 Å². The highest BCUT2D eigenvalue weighted by Crippen LogP contribution is 2.31. The van der Waals surface area contributed by atoms with Crippen molar-refractivity contribution in [3.05, 3.63) is 0 Å². The molecule has 0 aromatic carbocycles. The van der Waals surface area contributed by atoms with Crippen LogP contribution in [0.15, 0.2) is 0 Å². The Balaban J connectivity index is 1.74. The predicted molar refractivity (Wildman–Crippen MR) is 83.2 cm³/mol. The van der Waals surface area contributed by atoms with Crippen molar-refractivity contribution < 1.29 is 4.79 Å². The lowest BCUT2D eigenvalue weighted by atomic mass is 9.76. The van der Waals surface area contributed by atoms with Crippen LogP contribution in [-0.4, -0.2) is 18.5 Å². The maximum absolute atomic E-state index is 12.4. The van der Waals surface area contributed by atoms with E-state index < -0.39 is 0 Å². The molecule has 2 aliphatic rings. The molecule has 0 aliphatic heterocycles. The fraction of sp³-hybridized carbons (Fsp3) is 0.941. The van der Waals surface area contributed by atoms with Crippen LogP contribution in [0.25, 0.3) is 0 Å². The molecule has 3 nitrogen and oxygen atoms in total. The number of hydrogen-bond donors (Lipinski definition) is 2. The fourth-order valence-corrected chi connectivity index (χ4v) is 4.12. The molecule has 2 rings (SSSR count). The average molecular weight is 280 g/mol. The second kappa shape index (κ2) is 7.44. The third kappa shape index (κ3) is 3.97.